The Kier molecular flexibility index (Phi) is 5.37. The Morgan fingerprint density at radius 1 is 1.33 bits per heavy atom. The fraction of sp³-hybridized carbons (Fsp3) is 0.600. The van der Waals surface area contributed by atoms with E-state index in [0.717, 1.165) is 18.4 Å². The molecule has 1 saturated heterocycles. The fourth-order valence-corrected chi connectivity index (χ4v) is 4.49. The summed E-state index contributed by atoms with van der Waals surface area (Å²) in [6.45, 7) is 2.74. The molecule has 0 radical (unpaired) electrons. The fourth-order valence-electron chi connectivity index (χ4n) is 2.68. The lowest BCUT2D eigenvalue weighted by Crippen LogP contribution is -2.40. The van der Waals surface area contributed by atoms with Crippen molar-refractivity contribution < 1.29 is 18.3 Å². The number of piperidine rings is 1. The van der Waals surface area contributed by atoms with E-state index in [1.54, 1.807) is 25.3 Å². The molecule has 1 heterocycles. The maximum Gasteiger partial charge on any atom is 0.243 e. The van der Waals surface area contributed by atoms with Crippen molar-refractivity contribution in [1.82, 2.24) is 4.31 Å². The highest BCUT2D eigenvalue weighted by Gasteiger charge is 2.30. The van der Waals surface area contributed by atoms with Gasteiger partial charge in [0.25, 0.3) is 0 Å². The average Bonchev–Trinajstić information content (AvgIpc) is 2.54. The van der Waals surface area contributed by atoms with E-state index in [9.17, 15) is 13.5 Å². The second-order valence-electron chi connectivity index (χ2n) is 5.29. The number of ether oxygens (including phenoxy) is 1. The van der Waals surface area contributed by atoms with E-state index in [4.69, 9.17) is 4.74 Å². The molecule has 0 saturated carbocycles. The lowest BCUT2D eigenvalue weighted by atomic mass is 10.1. The van der Waals surface area contributed by atoms with Crippen LogP contribution in [0.2, 0.25) is 0 Å². The molecule has 5 nitrogen and oxygen atoms in total. The van der Waals surface area contributed by atoms with E-state index in [-0.39, 0.29) is 12.7 Å². The zero-order valence-electron chi connectivity index (χ0n) is 12.6. The van der Waals surface area contributed by atoms with Gasteiger partial charge in [-0.15, -0.1) is 0 Å². The molecule has 0 atom stereocenters. The molecule has 21 heavy (non-hydrogen) atoms. The quantitative estimate of drug-likeness (QED) is 0.895. The zero-order valence-corrected chi connectivity index (χ0v) is 13.4. The highest BCUT2D eigenvalue weighted by Crippen LogP contribution is 2.26. The third-order valence-corrected chi connectivity index (χ3v) is 6.03. The second kappa shape index (κ2) is 6.87. The molecule has 0 aromatic heterocycles. The van der Waals surface area contributed by atoms with Crippen molar-refractivity contribution in [1.29, 1.82) is 0 Å². The van der Waals surface area contributed by atoms with Gasteiger partial charge in [-0.3, -0.25) is 0 Å². The van der Waals surface area contributed by atoms with Crippen molar-refractivity contribution in [3.05, 3.63) is 29.3 Å². The SMILES string of the molecule is CCc1ccc(CO)cc1S(=O)(=O)N1CCC(OC)CC1. The van der Waals surface area contributed by atoms with Crippen LogP contribution in [0, 0.1) is 0 Å². The first-order valence-corrected chi connectivity index (χ1v) is 8.72. The molecular formula is C15H23NO4S. The molecular weight excluding hydrogens is 290 g/mol. The van der Waals surface area contributed by atoms with E-state index in [0.29, 0.717) is 30.0 Å². The molecule has 0 unspecified atom stereocenters. The van der Waals surface area contributed by atoms with Crippen LogP contribution in [0.4, 0.5) is 0 Å². The first kappa shape index (κ1) is 16.4. The highest BCUT2D eigenvalue weighted by molar-refractivity contribution is 7.89. The first-order valence-electron chi connectivity index (χ1n) is 7.28. The standard InChI is InChI=1S/C15H23NO4S/c1-3-13-5-4-12(11-17)10-15(13)21(18,19)16-8-6-14(20-2)7-9-16/h4-5,10,14,17H,3,6-9,11H2,1-2H3. The van der Waals surface area contributed by atoms with Gasteiger partial charge in [-0.05, 0) is 36.5 Å². The van der Waals surface area contributed by atoms with Crippen molar-refractivity contribution >= 4 is 10.0 Å². The molecule has 1 aromatic rings. The lowest BCUT2D eigenvalue weighted by Gasteiger charge is -2.31. The first-order chi connectivity index (χ1) is 10.0. The number of hydrogen-bond acceptors (Lipinski definition) is 4. The summed E-state index contributed by atoms with van der Waals surface area (Å²) >= 11 is 0. The van der Waals surface area contributed by atoms with Crippen LogP contribution in [0.1, 0.15) is 30.9 Å². The van der Waals surface area contributed by atoms with Gasteiger partial charge in [0.1, 0.15) is 0 Å². The van der Waals surface area contributed by atoms with E-state index in [2.05, 4.69) is 0 Å². The minimum Gasteiger partial charge on any atom is -0.392 e. The molecule has 118 valence electrons. The summed E-state index contributed by atoms with van der Waals surface area (Å²) in [5.41, 5.74) is 1.42. The number of aliphatic hydroxyl groups is 1. The molecule has 0 bridgehead atoms. The van der Waals surface area contributed by atoms with Crippen molar-refractivity contribution in [2.75, 3.05) is 20.2 Å². The molecule has 1 fully saturated rings. The van der Waals surface area contributed by atoms with E-state index >= 15 is 0 Å². The van der Waals surface area contributed by atoms with Crippen molar-refractivity contribution in [3.63, 3.8) is 0 Å². The van der Waals surface area contributed by atoms with E-state index < -0.39 is 10.0 Å². The van der Waals surface area contributed by atoms with Gasteiger partial charge in [0.05, 0.1) is 17.6 Å². The number of hydrogen-bond donors (Lipinski definition) is 1. The van der Waals surface area contributed by atoms with Crippen LogP contribution in [0.3, 0.4) is 0 Å². The van der Waals surface area contributed by atoms with Gasteiger partial charge in [0, 0.05) is 20.2 Å². The van der Waals surface area contributed by atoms with Crippen LogP contribution in [0.25, 0.3) is 0 Å². The van der Waals surface area contributed by atoms with Crippen LogP contribution in [0.5, 0.6) is 0 Å². The topological polar surface area (TPSA) is 66.8 Å². The summed E-state index contributed by atoms with van der Waals surface area (Å²) in [4.78, 5) is 0.326. The van der Waals surface area contributed by atoms with Crippen LogP contribution in [0.15, 0.2) is 23.1 Å². The predicted octanol–water partition coefficient (Wildman–Crippen LogP) is 1.54. The summed E-state index contributed by atoms with van der Waals surface area (Å²) in [5.74, 6) is 0. The van der Waals surface area contributed by atoms with Gasteiger partial charge in [-0.2, -0.15) is 4.31 Å². The van der Waals surface area contributed by atoms with Crippen molar-refractivity contribution in [3.8, 4) is 0 Å². The molecule has 6 heteroatoms. The Morgan fingerprint density at radius 2 is 2.00 bits per heavy atom. The normalized spacial score (nSPS) is 18.0. The summed E-state index contributed by atoms with van der Waals surface area (Å²) < 4.78 is 32.5. The molecule has 0 amide bonds. The molecule has 1 N–H and O–H groups in total. The van der Waals surface area contributed by atoms with Crippen LogP contribution >= 0.6 is 0 Å². The Labute approximate surface area is 126 Å². The van der Waals surface area contributed by atoms with Gasteiger partial charge in [-0.1, -0.05) is 19.1 Å². The summed E-state index contributed by atoms with van der Waals surface area (Å²) in [7, 11) is -1.84. The lowest BCUT2D eigenvalue weighted by molar-refractivity contribution is 0.0604. The van der Waals surface area contributed by atoms with E-state index in [1.165, 1.54) is 4.31 Å². The number of aliphatic hydroxyl groups excluding tert-OH is 1. The van der Waals surface area contributed by atoms with Gasteiger partial charge < -0.3 is 9.84 Å². The number of sulfonamides is 1. The van der Waals surface area contributed by atoms with E-state index in [1.807, 2.05) is 6.92 Å². The summed E-state index contributed by atoms with van der Waals surface area (Å²) in [6.07, 6.45) is 2.23. The summed E-state index contributed by atoms with van der Waals surface area (Å²) in [5, 5.41) is 9.24. The highest BCUT2D eigenvalue weighted by atomic mass is 32.2. The predicted molar refractivity (Wildman–Crippen MR) is 80.5 cm³/mol. The molecule has 1 aromatic carbocycles. The third-order valence-electron chi connectivity index (χ3n) is 4.05. The minimum atomic E-state index is -3.50. The number of aryl methyl sites for hydroxylation is 1. The van der Waals surface area contributed by atoms with Crippen LogP contribution in [-0.4, -0.2) is 44.1 Å². The summed E-state index contributed by atoms with van der Waals surface area (Å²) in [6, 6.07) is 5.16. The van der Waals surface area contributed by atoms with Gasteiger partial charge in [0.15, 0.2) is 0 Å². The smallest absolute Gasteiger partial charge is 0.243 e. The van der Waals surface area contributed by atoms with Crippen molar-refractivity contribution in [2.24, 2.45) is 0 Å². The monoisotopic (exact) mass is 313 g/mol. The average molecular weight is 313 g/mol. The second-order valence-corrected chi connectivity index (χ2v) is 7.20. The molecule has 0 aliphatic carbocycles. The zero-order chi connectivity index (χ0) is 15.5. The largest absolute Gasteiger partial charge is 0.392 e. The number of methoxy groups -OCH3 is 1. The molecule has 0 spiro atoms. The number of nitrogens with zero attached hydrogens (tertiary/aromatic N) is 1. The molecule has 1 aliphatic heterocycles. The maximum absolute atomic E-state index is 12.8. The Bertz CT molecular complexity index is 577. The van der Waals surface area contributed by atoms with Crippen LogP contribution in [-0.2, 0) is 27.8 Å². The van der Waals surface area contributed by atoms with Gasteiger partial charge in [-0.25, -0.2) is 8.42 Å². The Hall–Kier alpha value is -0.950. The maximum atomic E-state index is 12.8. The molecule has 2 rings (SSSR count). The van der Waals surface area contributed by atoms with Crippen LogP contribution < -0.4 is 0 Å². The Morgan fingerprint density at radius 3 is 2.52 bits per heavy atom. The number of benzene rings is 1. The third kappa shape index (κ3) is 3.45. The van der Waals surface area contributed by atoms with Gasteiger partial charge >= 0.3 is 0 Å². The Balaban J connectivity index is 2.31. The number of rotatable bonds is 5. The molecule has 1 aliphatic rings. The minimum absolute atomic E-state index is 0.144. The van der Waals surface area contributed by atoms with Crippen molar-refractivity contribution in [2.45, 2.75) is 43.8 Å². The van der Waals surface area contributed by atoms with Gasteiger partial charge in [0.2, 0.25) is 10.0 Å².